The van der Waals surface area contributed by atoms with Crippen LogP contribution in [0.3, 0.4) is 0 Å². The van der Waals surface area contributed by atoms with E-state index in [2.05, 4.69) is 26.1 Å². The van der Waals surface area contributed by atoms with Crippen molar-refractivity contribution < 1.29 is 24.9 Å². The number of nitrogens with one attached hydrogen (secondary N) is 1. The molecule has 5 aliphatic rings. The van der Waals surface area contributed by atoms with Gasteiger partial charge < -0.3 is 25.5 Å². The molecule has 4 aliphatic carbocycles. The maximum absolute atomic E-state index is 13.1. The number of aliphatic hydroxyl groups excluding tert-OH is 3. The highest BCUT2D eigenvalue weighted by Crippen LogP contribution is 2.68. The maximum atomic E-state index is 13.1. The third kappa shape index (κ3) is 5.37. The van der Waals surface area contributed by atoms with E-state index >= 15 is 0 Å². The first kappa shape index (κ1) is 30.3. The van der Waals surface area contributed by atoms with Gasteiger partial charge in [-0.15, -0.1) is 0 Å². The van der Waals surface area contributed by atoms with Gasteiger partial charge in [-0.2, -0.15) is 0 Å². The van der Waals surface area contributed by atoms with Crippen LogP contribution in [0.2, 0.25) is 0 Å². The molecule has 1 saturated heterocycles. The van der Waals surface area contributed by atoms with E-state index in [1.807, 2.05) is 4.90 Å². The zero-order chi connectivity index (χ0) is 28.8. The molecule has 0 spiro atoms. The molecule has 1 aliphatic heterocycles. The molecule has 2 amide bonds. The second kappa shape index (κ2) is 11.8. The van der Waals surface area contributed by atoms with Crippen LogP contribution in [0.1, 0.15) is 104 Å². The molecule has 1 heterocycles. The number of piperidine rings is 1. The summed E-state index contributed by atoms with van der Waals surface area (Å²) in [6.07, 6.45) is 10.2. The summed E-state index contributed by atoms with van der Waals surface area (Å²) in [5.74, 6) is 2.79. The standard InChI is InChI=1S/C33H56N2O5/c1-20(5-10-30(40)35-15-12-21(13-16-35)6-9-29(39)34-4)24-7-8-25-31-26(19-28(38)33(24,25)3)32(2)14-11-23(36)17-22(32)18-27(31)37/h20-28,31,36-38H,5-19H2,1-4H3,(H,34,39)/t20?,22?,23?,24?,25?,26?,27?,28?,31?,32-,33+/m0/s1. The number of hydrogen-bond acceptors (Lipinski definition) is 5. The molecule has 5 fully saturated rings. The van der Waals surface area contributed by atoms with Gasteiger partial charge in [-0.25, -0.2) is 0 Å². The molecule has 5 rings (SSSR count). The van der Waals surface area contributed by atoms with Crippen molar-refractivity contribution in [1.82, 2.24) is 10.2 Å². The van der Waals surface area contributed by atoms with E-state index in [4.69, 9.17) is 0 Å². The van der Waals surface area contributed by atoms with E-state index in [1.165, 1.54) is 0 Å². The minimum Gasteiger partial charge on any atom is -0.393 e. The molecule has 7 nitrogen and oxygen atoms in total. The lowest BCUT2D eigenvalue weighted by Gasteiger charge is -2.63. The van der Waals surface area contributed by atoms with Crippen LogP contribution in [0, 0.1) is 52.3 Å². The number of amides is 2. The summed E-state index contributed by atoms with van der Waals surface area (Å²) < 4.78 is 0. The highest BCUT2D eigenvalue weighted by atomic mass is 16.3. The quantitative estimate of drug-likeness (QED) is 0.374. The Morgan fingerprint density at radius 2 is 1.68 bits per heavy atom. The van der Waals surface area contributed by atoms with E-state index in [0.29, 0.717) is 48.3 Å². The van der Waals surface area contributed by atoms with Crippen molar-refractivity contribution in [3.05, 3.63) is 0 Å². The summed E-state index contributed by atoms with van der Waals surface area (Å²) in [6.45, 7) is 8.56. The topological polar surface area (TPSA) is 110 Å². The van der Waals surface area contributed by atoms with E-state index < -0.39 is 0 Å². The summed E-state index contributed by atoms with van der Waals surface area (Å²) in [7, 11) is 1.68. The van der Waals surface area contributed by atoms with Gasteiger partial charge in [-0.3, -0.25) is 9.59 Å². The van der Waals surface area contributed by atoms with Gasteiger partial charge in [0.05, 0.1) is 18.3 Å². The van der Waals surface area contributed by atoms with Gasteiger partial charge in [0.1, 0.15) is 0 Å². The van der Waals surface area contributed by atoms with Crippen LogP contribution in [0.15, 0.2) is 0 Å². The highest BCUT2D eigenvalue weighted by molar-refractivity contribution is 5.76. The van der Waals surface area contributed by atoms with Crippen LogP contribution in [-0.2, 0) is 9.59 Å². The Balaban J connectivity index is 1.18. The lowest BCUT2D eigenvalue weighted by molar-refractivity contribution is -0.207. The van der Waals surface area contributed by atoms with Crippen molar-refractivity contribution in [2.75, 3.05) is 20.1 Å². The summed E-state index contributed by atoms with van der Waals surface area (Å²) >= 11 is 0. The Labute approximate surface area is 241 Å². The monoisotopic (exact) mass is 560 g/mol. The molecule has 0 aromatic heterocycles. The van der Waals surface area contributed by atoms with E-state index in [1.54, 1.807) is 7.05 Å². The molecule has 0 bridgehead atoms. The average Bonchev–Trinajstić information content (AvgIpc) is 3.30. The van der Waals surface area contributed by atoms with Crippen LogP contribution in [0.25, 0.3) is 0 Å². The molecule has 9 unspecified atom stereocenters. The normalized spacial score (nSPS) is 44.3. The van der Waals surface area contributed by atoms with Gasteiger partial charge in [-0.1, -0.05) is 20.8 Å². The van der Waals surface area contributed by atoms with Gasteiger partial charge >= 0.3 is 0 Å². The second-order valence-corrected chi connectivity index (χ2v) is 15.1. The van der Waals surface area contributed by atoms with Crippen molar-refractivity contribution in [3.63, 3.8) is 0 Å². The van der Waals surface area contributed by atoms with Gasteiger partial charge in [-0.05, 0) is 123 Å². The third-order valence-corrected chi connectivity index (χ3v) is 13.4. The predicted octanol–water partition coefficient (Wildman–Crippen LogP) is 4.13. The maximum Gasteiger partial charge on any atom is 0.222 e. The Morgan fingerprint density at radius 1 is 0.950 bits per heavy atom. The van der Waals surface area contributed by atoms with Gasteiger partial charge in [0.2, 0.25) is 11.8 Å². The molecule has 11 atom stereocenters. The van der Waals surface area contributed by atoms with Gasteiger partial charge in [0.15, 0.2) is 0 Å². The molecule has 228 valence electrons. The number of likely N-dealkylation sites (tertiary alicyclic amines) is 1. The van der Waals surface area contributed by atoms with Crippen LogP contribution in [0.4, 0.5) is 0 Å². The first-order valence-electron chi connectivity index (χ1n) is 16.5. The number of carbonyl (C=O) groups excluding carboxylic acids is 2. The summed E-state index contributed by atoms with van der Waals surface area (Å²) in [4.78, 5) is 26.7. The second-order valence-electron chi connectivity index (χ2n) is 15.1. The summed E-state index contributed by atoms with van der Waals surface area (Å²) in [5.41, 5.74) is -0.122. The smallest absolute Gasteiger partial charge is 0.222 e. The predicted molar refractivity (Wildman–Crippen MR) is 155 cm³/mol. The molecule has 7 heteroatoms. The van der Waals surface area contributed by atoms with E-state index in [-0.39, 0.29) is 46.9 Å². The van der Waals surface area contributed by atoms with Crippen molar-refractivity contribution >= 4 is 11.8 Å². The average molecular weight is 561 g/mol. The highest BCUT2D eigenvalue weighted by Gasteiger charge is 2.65. The Bertz CT molecular complexity index is 921. The van der Waals surface area contributed by atoms with Crippen molar-refractivity contribution in [2.24, 2.45) is 52.3 Å². The molecule has 0 radical (unpaired) electrons. The fourth-order valence-electron chi connectivity index (χ4n) is 10.8. The van der Waals surface area contributed by atoms with Crippen molar-refractivity contribution in [2.45, 2.75) is 123 Å². The largest absolute Gasteiger partial charge is 0.393 e. The van der Waals surface area contributed by atoms with Crippen LogP contribution >= 0.6 is 0 Å². The molecule has 0 aromatic carbocycles. The van der Waals surface area contributed by atoms with Gasteiger partial charge in [0, 0.05) is 33.0 Å². The first-order chi connectivity index (χ1) is 19.0. The minimum absolute atomic E-state index is 0.0947. The Morgan fingerprint density at radius 3 is 2.38 bits per heavy atom. The van der Waals surface area contributed by atoms with E-state index in [0.717, 1.165) is 83.7 Å². The van der Waals surface area contributed by atoms with Crippen molar-refractivity contribution in [1.29, 1.82) is 0 Å². The summed E-state index contributed by atoms with van der Waals surface area (Å²) in [6, 6.07) is 0. The SMILES string of the molecule is CNC(=O)CCC1CCN(C(=O)CCC(C)C2CCC3C4C(O)CC5CC(O)CC[C@]5(C)C4CC(O)[C@]23C)CC1. The molecular formula is C33H56N2O5. The number of hydrogen-bond donors (Lipinski definition) is 4. The minimum atomic E-state index is -0.382. The Kier molecular flexibility index (Phi) is 8.96. The molecule has 4 saturated carbocycles. The first-order valence-corrected chi connectivity index (χ1v) is 16.5. The van der Waals surface area contributed by atoms with Crippen LogP contribution < -0.4 is 5.32 Å². The lowest BCUT2D eigenvalue weighted by Crippen LogP contribution is -2.62. The molecule has 0 aromatic rings. The number of carbonyl (C=O) groups is 2. The lowest BCUT2D eigenvalue weighted by atomic mass is 9.43. The molecular weight excluding hydrogens is 504 g/mol. The molecule has 40 heavy (non-hydrogen) atoms. The van der Waals surface area contributed by atoms with Gasteiger partial charge in [0.25, 0.3) is 0 Å². The number of aliphatic hydroxyl groups is 3. The van der Waals surface area contributed by atoms with Crippen LogP contribution in [0.5, 0.6) is 0 Å². The van der Waals surface area contributed by atoms with E-state index in [9.17, 15) is 24.9 Å². The number of fused-ring (bicyclic) bond motifs is 5. The zero-order valence-electron chi connectivity index (χ0n) is 25.5. The fourth-order valence-corrected chi connectivity index (χ4v) is 10.8. The molecule has 4 N–H and O–H groups in total. The number of nitrogens with zero attached hydrogens (tertiary/aromatic N) is 1. The van der Waals surface area contributed by atoms with Crippen molar-refractivity contribution in [3.8, 4) is 0 Å². The summed E-state index contributed by atoms with van der Waals surface area (Å²) in [5, 5.41) is 36.3. The number of rotatable bonds is 7. The van der Waals surface area contributed by atoms with Crippen LogP contribution in [-0.4, -0.2) is 70.5 Å². The fraction of sp³-hybridized carbons (Fsp3) is 0.939. The third-order valence-electron chi connectivity index (χ3n) is 13.4. The Hall–Kier alpha value is -1.18. The zero-order valence-corrected chi connectivity index (χ0v) is 25.5.